The molecule has 6 nitrogen and oxygen atoms in total. The summed E-state index contributed by atoms with van der Waals surface area (Å²) in [7, 11) is 0. The van der Waals surface area contributed by atoms with E-state index in [-0.39, 0.29) is 23.6 Å². The van der Waals surface area contributed by atoms with Gasteiger partial charge >= 0.3 is 0 Å². The molecule has 2 aliphatic rings. The van der Waals surface area contributed by atoms with Crippen molar-refractivity contribution >= 4 is 5.91 Å². The van der Waals surface area contributed by atoms with Gasteiger partial charge in [-0.25, -0.2) is 0 Å². The third kappa shape index (κ3) is 5.21. The van der Waals surface area contributed by atoms with E-state index in [4.69, 9.17) is 9.47 Å². The van der Waals surface area contributed by atoms with Gasteiger partial charge in [-0.2, -0.15) is 0 Å². The molecule has 2 atom stereocenters. The zero-order valence-electron chi connectivity index (χ0n) is 17.0. The first kappa shape index (κ1) is 20.1. The summed E-state index contributed by atoms with van der Waals surface area (Å²) in [5.41, 5.74) is 2.38. The number of carbonyl (C=O) groups excluding carboxylic acids is 1. The lowest BCUT2D eigenvalue weighted by molar-refractivity contribution is -0.121. The Hall–Kier alpha value is -1.63. The molecule has 2 N–H and O–H groups in total. The van der Waals surface area contributed by atoms with Crippen molar-refractivity contribution in [2.75, 3.05) is 39.4 Å². The number of benzene rings is 1. The fraction of sp³-hybridized carbons (Fsp3) is 0.667. The summed E-state index contributed by atoms with van der Waals surface area (Å²) in [6.07, 6.45) is 1.20. The minimum Gasteiger partial charge on any atom is -0.490 e. The lowest BCUT2D eigenvalue weighted by Gasteiger charge is -2.40. The van der Waals surface area contributed by atoms with Gasteiger partial charge in [-0.3, -0.25) is 9.69 Å². The minimum absolute atomic E-state index is 0.0290. The molecule has 1 saturated heterocycles. The van der Waals surface area contributed by atoms with Crippen LogP contribution in [0.5, 0.6) is 5.75 Å². The maximum absolute atomic E-state index is 12.3. The van der Waals surface area contributed by atoms with Crippen LogP contribution in [0.3, 0.4) is 0 Å². The second-order valence-electron chi connectivity index (χ2n) is 8.29. The molecule has 150 valence electrons. The molecule has 1 amide bonds. The third-order valence-corrected chi connectivity index (χ3v) is 5.57. The molecule has 1 aromatic carbocycles. The van der Waals surface area contributed by atoms with Crippen molar-refractivity contribution in [2.24, 2.45) is 0 Å². The number of carbonyl (C=O) groups is 1. The third-order valence-electron chi connectivity index (χ3n) is 5.57. The van der Waals surface area contributed by atoms with Gasteiger partial charge in [-0.15, -0.1) is 0 Å². The van der Waals surface area contributed by atoms with Crippen LogP contribution in [-0.4, -0.2) is 61.8 Å². The van der Waals surface area contributed by atoms with Crippen molar-refractivity contribution in [3.63, 3.8) is 0 Å². The highest BCUT2D eigenvalue weighted by molar-refractivity contribution is 5.78. The lowest BCUT2D eigenvalue weighted by Crippen LogP contribution is -2.56. The molecule has 3 rings (SSSR count). The molecule has 0 radical (unpaired) electrons. The van der Waals surface area contributed by atoms with Crippen molar-refractivity contribution in [1.29, 1.82) is 0 Å². The van der Waals surface area contributed by atoms with Crippen LogP contribution in [0.15, 0.2) is 18.2 Å². The Morgan fingerprint density at radius 3 is 2.81 bits per heavy atom. The fourth-order valence-electron chi connectivity index (χ4n) is 3.73. The number of hydrogen-bond donors (Lipinski definition) is 2. The number of morpholine rings is 1. The molecule has 0 aromatic heterocycles. The van der Waals surface area contributed by atoms with E-state index in [0.717, 1.165) is 38.5 Å². The lowest BCUT2D eigenvalue weighted by atomic mass is 10.0. The Labute approximate surface area is 162 Å². The highest BCUT2D eigenvalue weighted by Gasteiger charge is 2.28. The zero-order chi connectivity index (χ0) is 19.4. The standard InChI is InChI=1S/C21H33N3O3/c1-15-11-18-12-17(5-6-19(18)27-15)16(2)22-13-20(25)23-14-21(3,4)24-7-9-26-10-8-24/h5-6,12,15-16,22H,7-11,13-14H2,1-4H3,(H,23,25)/t15?,16-/m0/s1. The normalized spacial score (nSPS) is 21.4. The van der Waals surface area contributed by atoms with E-state index < -0.39 is 0 Å². The number of nitrogens with zero attached hydrogens (tertiary/aromatic N) is 1. The maximum Gasteiger partial charge on any atom is 0.234 e. The van der Waals surface area contributed by atoms with Gasteiger partial charge in [-0.05, 0) is 44.9 Å². The molecule has 1 unspecified atom stereocenters. The molecule has 0 bridgehead atoms. The monoisotopic (exact) mass is 375 g/mol. The van der Waals surface area contributed by atoms with Crippen LogP contribution in [-0.2, 0) is 16.0 Å². The van der Waals surface area contributed by atoms with Gasteiger partial charge in [0.15, 0.2) is 0 Å². The number of fused-ring (bicyclic) bond motifs is 1. The van der Waals surface area contributed by atoms with Gasteiger partial charge < -0.3 is 20.1 Å². The second-order valence-corrected chi connectivity index (χ2v) is 8.29. The van der Waals surface area contributed by atoms with E-state index in [1.54, 1.807) is 0 Å². The number of rotatable bonds is 7. The minimum atomic E-state index is -0.0677. The molecule has 2 heterocycles. The van der Waals surface area contributed by atoms with Crippen molar-refractivity contribution in [3.05, 3.63) is 29.3 Å². The summed E-state index contributed by atoms with van der Waals surface area (Å²) in [4.78, 5) is 14.7. The molecular formula is C21H33N3O3. The van der Waals surface area contributed by atoms with Crippen LogP contribution in [0.1, 0.15) is 44.9 Å². The summed E-state index contributed by atoms with van der Waals surface area (Å²) in [6, 6.07) is 6.42. The Kier molecular flexibility index (Phi) is 6.40. The number of ether oxygens (including phenoxy) is 2. The van der Waals surface area contributed by atoms with Crippen LogP contribution in [0, 0.1) is 0 Å². The predicted octanol–water partition coefficient (Wildman–Crippen LogP) is 1.89. The SMILES string of the molecule is CC1Cc2cc([C@H](C)NCC(=O)NCC(C)(C)N3CCOCC3)ccc2O1. The van der Waals surface area contributed by atoms with E-state index in [9.17, 15) is 4.79 Å². The van der Waals surface area contributed by atoms with Crippen LogP contribution in [0.4, 0.5) is 0 Å². The highest BCUT2D eigenvalue weighted by Crippen LogP contribution is 2.30. The van der Waals surface area contributed by atoms with Gasteiger partial charge in [0.25, 0.3) is 0 Å². The van der Waals surface area contributed by atoms with Crippen molar-refractivity contribution < 1.29 is 14.3 Å². The Balaban J connectivity index is 1.44. The Bertz CT molecular complexity index is 656. The summed E-state index contributed by atoms with van der Waals surface area (Å²) in [5.74, 6) is 1.02. The smallest absolute Gasteiger partial charge is 0.234 e. The molecule has 0 saturated carbocycles. The summed E-state index contributed by atoms with van der Waals surface area (Å²) in [5, 5.41) is 6.40. The van der Waals surface area contributed by atoms with Crippen molar-refractivity contribution in [1.82, 2.24) is 15.5 Å². The molecular weight excluding hydrogens is 342 g/mol. The van der Waals surface area contributed by atoms with E-state index in [1.807, 2.05) is 6.07 Å². The summed E-state index contributed by atoms with van der Waals surface area (Å²) < 4.78 is 11.2. The summed E-state index contributed by atoms with van der Waals surface area (Å²) in [6.45, 7) is 12.8. The van der Waals surface area contributed by atoms with E-state index in [1.165, 1.54) is 11.1 Å². The second kappa shape index (κ2) is 8.59. The zero-order valence-corrected chi connectivity index (χ0v) is 17.0. The number of amides is 1. The van der Waals surface area contributed by atoms with Crippen LogP contribution >= 0.6 is 0 Å². The summed E-state index contributed by atoms with van der Waals surface area (Å²) >= 11 is 0. The van der Waals surface area contributed by atoms with Gasteiger partial charge in [0.2, 0.25) is 5.91 Å². The molecule has 0 spiro atoms. The number of nitrogens with one attached hydrogen (secondary N) is 2. The van der Waals surface area contributed by atoms with Crippen LogP contribution < -0.4 is 15.4 Å². The first-order chi connectivity index (χ1) is 12.8. The first-order valence-electron chi connectivity index (χ1n) is 9.97. The van der Waals surface area contributed by atoms with Gasteiger partial charge in [0.05, 0.1) is 19.8 Å². The van der Waals surface area contributed by atoms with Gasteiger partial charge in [0, 0.05) is 37.6 Å². The quantitative estimate of drug-likeness (QED) is 0.762. The molecule has 6 heteroatoms. The van der Waals surface area contributed by atoms with Crippen molar-refractivity contribution in [2.45, 2.75) is 51.8 Å². The predicted molar refractivity (Wildman–Crippen MR) is 106 cm³/mol. The highest BCUT2D eigenvalue weighted by atomic mass is 16.5. The van der Waals surface area contributed by atoms with E-state index in [0.29, 0.717) is 13.1 Å². The Morgan fingerprint density at radius 1 is 1.33 bits per heavy atom. The van der Waals surface area contributed by atoms with Gasteiger partial charge in [-0.1, -0.05) is 12.1 Å². The van der Waals surface area contributed by atoms with Gasteiger partial charge in [0.1, 0.15) is 11.9 Å². The topological polar surface area (TPSA) is 62.8 Å². The van der Waals surface area contributed by atoms with E-state index >= 15 is 0 Å². The molecule has 0 aliphatic carbocycles. The maximum atomic E-state index is 12.3. The first-order valence-corrected chi connectivity index (χ1v) is 9.97. The van der Waals surface area contributed by atoms with Crippen LogP contribution in [0.2, 0.25) is 0 Å². The molecule has 1 aromatic rings. The van der Waals surface area contributed by atoms with Crippen LogP contribution in [0.25, 0.3) is 0 Å². The van der Waals surface area contributed by atoms with Crippen molar-refractivity contribution in [3.8, 4) is 5.75 Å². The average molecular weight is 376 g/mol. The largest absolute Gasteiger partial charge is 0.490 e. The number of hydrogen-bond acceptors (Lipinski definition) is 5. The molecule has 27 heavy (non-hydrogen) atoms. The fourth-order valence-corrected chi connectivity index (χ4v) is 3.73. The molecule has 2 aliphatic heterocycles. The van der Waals surface area contributed by atoms with E-state index in [2.05, 4.69) is 55.4 Å². The molecule has 1 fully saturated rings. The average Bonchev–Trinajstić information content (AvgIpc) is 3.04. The Morgan fingerprint density at radius 2 is 2.07 bits per heavy atom.